The smallest absolute Gasteiger partial charge is 0.303 e. The van der Waals surface area contributed by atoms with Crippen LogP contribution in [0.2, 0.25) is 0 Å². The normalized spacial score (nSPS) is 26.8. The number of hydrogen-bond acceptors (Lipinski definition) is 3. The maximum atomic E-state index is 10.5. The summed E-state index contributed by atoms with van der Waals surface area (Å²) >= 11 is 0. The monoisotopic (exact) mass is 352 g/mol. The summed E-state index contributed by atoms with van der Waals surface area (Å²) in [6, 6.07) is 0. The summed E-state index contributed by atoms with van der Waals surface area (Å²) in [4.78, 5) is 10.5. The van der Waals surface area contributed by atoms with Crippen molar-refractivity contribution in [3.8, 4) is 0 Å². The summed E-state index contributed by atoms with van der Waals surface area (Å²) < 4.78 is 0. The Morgan fingerprint density at radius 2 is 1.68 bits per heavy atom. The number of rotatable bonds is 13. The van der Waals surface area contributed by atoms with Gasteiger partial charge in [0.2, 0.25) is 0 Å². The molecule has 1 rings (SSSR count). The van der Waals surface area contributed by atoms with Gasteiger partial charge in [-0.1, -0.05) is 56.9 Å². The molecule has 0 aromatic carbocycles. The van der Waals surface area contributed by atoms with Gasteiger partial charge in [0.25, 0.3) is 0 Å². The van der Waals surface area contributed by atoms with Crippen LogP contribution in [0.15, 0.2) is 24.3 Å². The molecule has 0 heterocycles. The fourth-order valence-electron chi connectivity index (χ4n) is 3.57. The Kier molecular flexibility index (Phi) is 11.5. The van der Waals surface area contributed by atoms with Gasteiger partial charge in [-0.2, -0.15) is 0 Å². The van der Waals surface area contributed by atoms with Crippen LogP contribution in [-0.4, -0.2) is 33.5 Å². The number of carboxylic acids is 1. The largest absolute Gasteiger partial charge is 0.481 e. The second-order valence-electron chi connectivity index (χ2n) is 7.24. The van der Waals surface area contributed by atoms with Gasteiger partial charge in [0.15, 0.2) is 0 Å². The first-order valence-electron chi connectivity index (χ1n) is 9.95. The topological polar surface area (TPSA) is 77.8 Å². The molecule has 1 aliphatic carbocycles. The molecular formula is C21H36O4. The molecule has 1 saturated carbocycles. The minimum absolute atomic E-state index is 0.0225. The molecule has 1 aliphatic rings. The van der Waals surface area contributed by atoms with Crippen molar-refractivity contribution in [2.24, 2.45) is 11.8 Å². The molecule has 0 aromatic heterocycles. The summed E-state index contributed by atoms with van der Waals surface area (Å²) in [6.45, 7) is 2.22. The molecule has 4 nitrogen and oxygen atoms in total. The maximum Gasteiger partial charge on any atom is 0.303 e. The lowest BCUT2D eigenvalue weighted by molar-refractivity contribution is -0.137. The molecule has 0 unspecified atom stereocenters. The van der Waals surface area contributed by atoms with Crippen LogP contribution in [0.25, 0.3) is 0 Å². The van der Waals surface area contributed by atoms with Gasteiger partial charge in [-0.05, 0) is 38.0 Å². The highest BCUT2D eigenvalue weighted by Gasteiger charge is 2.39. The van der Waals surface area contributed by atoms with Gasteiger partial charge >= 0.3 is 5.97 Å². The van der Waals surface area contributed by atoms with Crippen molar-refractivity contribution in [2.45, 2.75) is 89.8 Å². The molecule has 0 radical (unpaired) electrons. The second kappa shape index (κ2) is 13.1. The van der Waals surface area contributed by atoms with Crippen molar-refractivity contribution in [1.82, 2.24) is 0 Å². The Labute approximate surface area is 152 Å². The third kappa shape index (κ3) is 9.22. The number of carboxylic acid groups (broad SMARTS) is 1. The summed E-state index contributed by atoms with van der Waals surface area (Å²) in [5, 5.41) is 29.0. The van der Waals surface area contributed by atoms with Crippen LogP contribution >= 0.6 is 0 Å². The molecule has 0 aliphatic heterocycles. The van der Waals surface area contributed by atoms with E-state index in [-0.39, 0.29) is 18.3 Å². The predicted molar refractivity (Wildman–Crippen MR) is 101 cm³/mol. The van der Waals surface area contributed by atoms with E-state index in [9.17, 15) is 15.0 Å². The van der Waals surface area contributed by atoms with E-state index in [0.29, 0.717) is 12.8 Å². The van der Waals surface area contributed by atoms with Crippen molar-refractivity contribution in [3.05, 3.63) is 24.3 Å². The zero-order valence-electron chi connectivity index (χ0n) is 15.6. The van der Waals surface area contributed by atoms with Crippen molar-refractivity contribution >= 4 is 5.97 Å². The quantitative estimate of drug-likeness (QED) is 0.338. The zero-order chi connectivity index (χ0) is 18.5. The second-order valence-corrected chi connectivity index (χ2v) is 7.24. The molecule has 0 spiro atoms. The first-order valence-corrected chi connectivity index (χ1v) is 9.95. The van der Waals surface area contributed by atoms with Crippen molar-refractivity contribution < 1.29 is 20.1 Å². The lowest BCUT2D eigenvalue weighted by Gasteiger charge is -2.19. The number of hydrogen-bond donors (Lipinski definition) is 3. The Bertz CT molecular complexity index is 416. The summed E-state index contributed by atoms with van der Waals surface area (Å²) in [6.07, 6.45) is 17.5. The molecule has 0 aromatic rings. The van der Waals surface area contributed by atoms with Gasteiger partial charge in [-0.25, -0.2) is 0 Å². The molecular weight excluding hydrogens is 316 g/mol. The third-order valence-electron chi connectivity index (χ3n) is 5.08. The number of allylic oxidation sites excluding steroid dienone is 3. The van der Waals surface area contributed by atoms with Crippen molar-refractivity contribution in [1.29, 1.82) is 0 Å². The standard InChI is InChI=1S/C21H36O4/c1-2-3-4-5-6-7-10-13-17-18(20(23)16-19(17)22)14-11-8-9-12-15-21(24)25/h8,10-11,13,17-20,22-23H,2-7,9,12,14-16H2,1H3,(H,24,25)/t17-,18-,19-,20+/m1/s1. The van der Waals surface area contributed by atoms with Gasteiger partial charge in [-0.15, -0.1) is 0 Å². The van der Waals surface area contributed by atoms with Gasteiger partial charge < -0.3 is 15.3 Å². The maximum absolute atomic E-state index is 10.5. The minimum Gasteiger partial charge on any atom is -0.481 e. The van der Waals surface area contributed by atoms with Gasteiger partial charge in [0.05, 0.1) is 12.2 Å². The fourth-order valence-corrected chi connectivity index (χ4v) is 3.57. The van der Waals surface area contributed by atoms with Gasteiger partial charge in [0.1, 0.15) is 0 Å². The number of aliphatic hydroxyl groups is 2. The minimum atomic E-state index is -0.761. The van der Waals surface area contributed by atoms with Gasteiger partial charge in [0, 0.05) is 18.8 Å². The molecule has 3 N–H and O–H groups in total. The Hall–Kier alpha value is -1.13. The molecule has 4 atom stereocenters. The highest BCUT2D eigenvalue weighted by molar-refractivity contribution is 5.66. The average Bonchev–Trinajstić information content (AvgIpc) is 2.83. The van der Waals surface area contributed by atoms with E-state index in [1.165, 1.54) is 32.1 Å². The number of aliphatic hydroxyl groups excluding tert-OH is 2. The predicted octanol–water partition coefficient (Wildman–Crippen LogP) is 4.46. The van der Waals surface area contributed by atoms with E-state index in [0.717, 1.165) is 19.3 Å². The summed E-state index contributed by atoms with van der Waals surface area (Å²) in [5.74, 6) is -0.681. The molecule has 1 fully saturated rings. The Morgan fingerprint density at radius 1 is 0.960 bits per heavy atom. The lowest BCUT2D eigenvalue weighted by Crippen LogP contribution is -2.19. The van der Waals surface area contributed by atoms with Gasteiger partial charge in [-0.3, -0.25) is 4.79 Å². The van der Waals surface area contributed by atoms with E-state index < -0.39 is 18.2 Å². The zero-order valence-corrected chi connectivity index (χ0v) is 15.6. The van der Waals surface area contributed by atoms with Crippen LogP contribution in [0.5, 0.6) is 0 Å². The van der Waals surface area contributed by atoms with E-state index in [4.69, 9.17) is 5.11 Å². The number of unbranched alkanes of at least 4 members (excludes halogenated alkanes) is 6. The average molecular weight is 353 g/mol. The molecule has 25 heavy (non-hydrogen) atoms. The Morgan fingerprint density at radius 3 is 2.40 bits per heavy atom. The first kappa shape index (κ1) is 21.9. The fraction of sp³-hybridized carbons (Fsp3) is 0.762. The highest BCUT2D eigenvalue weighted by atomic mass is 16.4. The number of aliphatic carboxylic acids is 1. The van der Waals surface area contributed by atoms with E-state index in [1.54, 1.807) is 0 Å². The molecule has 144 valence electrons. The van der Waals surface area contributed by atoms with Crippen LogP contribution < -0.4 is 0 Å². The van der Waals surface area contributed by atoms with Crippen LogP contribution in [0.3, 0.4) is 0 Å². The molecule has 0 saturated heterocycles. The van der Waals surface area contributed by atoms with Crippen LogP contribution in [-0.2, 0) is 4.79 Å². The molecule has 4 heteroatoms. The SMILES string of the molecule is CCCCCCCC=C[C@@H]1[C@@H](CC=CCCCC(=O)O)[C@@H](O)C[C@H]1O. The van der Waals surface area contributed by atoms with E-state index in [2.05, 4.69) is 19.1 Å². The third-order valence-corrected chi connectivity index (χ3v) is 5.08. The van der Waals surface area contributed by atoms with Crippen LogP contribution in [0.1, 0.15) is 77.6 Å². The first-order chi connectivity index (χ1) is 12.1. The summed E-state index contributed by atoms with van der Waals surface area (Å²) in [7, 11) is 0. The van der Waals surface area contributed by atoms with E-state index in [1.807, 2.05) is 12.2 Å². The molecule has 0 bridgehead atoms. The van der Waals surface area contributed by atoms with E-state index >= 15 is 0 Å². The van der Waals surface area contributed by atoms with Crippen LogP contribution in [0.4, 0.5) is 0 Å². The molecule has 0 amide bonds. The number of carbonyl (C=O) groups is 1. The highest BCUT2D eigenvalue weighted by Crippen LogP contribution is 2.36. The summed E-state index contributed by atoms with van der Waals surface area (Å²) in [5.41, 5.74) is 0. The Balaban J connectivity index is 2.34. The van der Waals surface area contributed by atoms with Crippen LogP contribution in [0, 0.1) is 11.8 Å². The van der Waals surface area contributed by atoms with Crippen molar-refractivity contribution in [3.63, 3.8) is 0 Å². The van der Waals surface area contributed by atoms with Crippen molar-refractivity contribution in [2.75, 3.05) is 0 Å². The lowest BCUT2D eigenvalue weighted by atomic mass is 9.89.